The summed E-state index contributed by atoms with van der Waals surface area (Å²) in [4.78, 5) is 26.2. The van der Waals surface area contributed by atoms with Crippen molar-refractivity contribution in [3.05, 3.63) is 37.9 Å². The van der Waals surface area contributed by atoms with Crippen LogP contribution in [0.5, 0.6) is 5.75 Å². The predicted molar refractivity (Wildman–Crippen MR) is 125 cm³/mol. The van der Waals surface area contributed by atoms with Gasteiger partial charge in [-0.25, -0.2) is 9.59 Å². The van der Waals surface area contributed by atoms with Crippen LogP contribution in [0.15, 0.2) is 28.2 Å². The van der Waals surface area contributed by atoms with Gasteiger partial charge >= 0.3 is 12.2 Å². The van der Waals surface area contributed by atoms with Gasteiger partial charge in [0.2, 0.25) is 0 Å². The molecule has 3 heterocycles. The lowest BCUT2D eigenvalue weighted by atomic mass is 10.2. The lowest BCUT2D eigenvalue weighted by Gasteiger charge is -2.21. The van der Waals surface area contributed by atoms with Gasteiger partial charge in [-0.05, 0) is 55.1 Å². The molecule has 31 heavy (non-hydrogen) atoms. The molecule has 2 amide bonds. The van der Waals surface area contributed by atoms with Crippen LogP contribution in [0.3, 0.4) is 0 Å². The Bertz CT molecular complexity index is 1060. The summed E-state index contributed by atoms with van der Waals surface area (Å²) < 4.78 is 12.2. The van der Waals surface area contributed by atoms with E-state index >= 15 is 0 Å². The van der Waals surface area contributed by atoms with Crippen LogP contribution in [-0.4, -0.2) is 34.0 Å². The molecule has 0 saturated carbocycles. The van der Waals surface area contributed by atoms with Crippen LogP contribution in [-0.2, 0) is 17.7 Å². The molecule has 166 valence electrons. The van der Waals surface area contributed by atoms with Gasteiger partial charge in [-0.1, -0.05) is 6.07 Å². The molecule has 3 aromatic heterocycles. The Labute approximate surface area is 196 Å². The highest BCUT2D eigenvalue weighted by atomic mass is 79.9. The minimum absolute atomic E-state index is 0.175. The highest BCUT2D eigenvalue weighted by Crippen LogP contribution is 2.39. The molecule has 1 atom stereocenters. The van der Waals surface area contributed by atoms with Crippen LogP contribution in [0.4, 0.5) is 9.59 Å². The average Bonchev–Trinajstić information content (AvgIpc) is 3.28. The fraction of sp³-hybridized carbons (Fsp3) is 0.400. The lowest BCUT2D eigenvalue weighted by Crippen LogP contribution is -2.38. The number of carbonyl (C=O) groups excluding carboxylic acids is 2. The Balaban J connectivity index is 1.68. The quantitative estimate of drug-likeness (QED) is 0.454. The number of ether oxygens (including phenoxy) is 2. The van der Waals surface area contributed by atoms with Crippen LogP contribution in [0, 0.1) is 0 Å². The van der Waals surface area contributed by atoms with Crippen molar-refractivity contribution in [1.82, 2.24) is 20.8 Å². The van der Waals surface area contributed by atoms with Gasteiger partial charge in [0.25, 0.3) is 0 Å². The van der Waals surface area contributed by atoms with Crippen molar-refractivity contribution in [2.75, 3.05) is 0 Å². The van der Waals surface area contributed by atoms with Crippen LogP contribution in [0.25, 0.3) is 10.2 Å². The van der Waals surface area contributed by atoms with Crippen LogP contribution < -0.4 is 15.4 Å². The summed E-state index contributed by atoms with van der Waals surface area (Å²) in [6.07, 6.45) is 0.935. The number of nitrogens with one attached hydrogen (secondary N) is 2. The maximum atomic E-state index is 12.2. The van der Waals surface area contributed by atoms with E-state index in [1.54, 1.807) is 11.3 Å². The average molecular weight is 527 g/mol. The zero-order chi connectivity index (χ0) is 22.6. The lowest BCUT2D eigenvalue weighted by molar-refractivity contribution is 0.0508. The number of nitrogens with zero attached hydrogens (tertiary/aromatic N) is 2. The van der Waals surface area contributed by atoms with Crippen molar-refractivity contribution in [1.29, 1.82) is 0 Å². The van der Waals surface area contributed by atoms with Crippen LogP contribution in [0.2, 0.25) is 0 Å². The molecule has 0 aliphatic carbocycles. The first kappa shape index (κ1) is 23.4. The molecule has 0 unspecified atom stereocenters. The SMILES string of the molecule is C[C@@H](Cc1sc2c(OC(=O)NCc3cccs3)cnnc2c1Br)NC(=O)OC(C)(C)C. The molecule has 3 rings (SSSR count). The van der Waals surface area contributed by atoms with Crippen molar-refractivity contribution < 1.29 is 19.1 Å². The Morgan fingerprint density at radius 2 is 2.06 bits per heavy atom. The van der Waals surface area contributed by atoms with Crippen molar-refractivity contribution in [3.8, 4) is 5.75 Å². The molecule has 0 fully saturated rings. The first-order valence-corrected chi connectivity index (χ1v) is 12.0. The summed E-state index contributed by atoms with van der Waals surface area (Å²) in [5.41, 5.74) is 0.0430. The summed E-state index contributed by atoms with van der Waals surface area (Å²) in [7, 11) is 0. The molecule has 0 aliphatic rings. The summed E-state index contributed by atoms with van der Waals surface area (Å²) in [6.45, 7) is 7.73. The van der Waals surface area contributed by atoms with E-state index in [1.165, 1.54) is 17.5 Å². The summed E-state index contributed by atoms with van der Waals surface area (Å²) in [5.74, 6) is 0.332. The first-order valence-electron chi connectivity index (χ1n) is 9.52. The van der Waals surface area contributed by atoms with Gasteiger partial charge in [-0.2, -0.15) is 5.10 Å². The maximum Gasteiger partial charge on any atom is 0.413 e. The van der Waals surface area contributed by atoms with E-state index in [2.05, 4.69) is 36.8 Å². The Morgan fingerprint density at radius 1 is 1.29 bits per heavy atom. The smallest absolute Gasteiger partial charge is 0.413 e. The third kappa shape index (κ3) is 6.62. The highest BCUT2D eigenvalue weighted by molar-refractivity contribution is 9.10. The Hall–Kier alpha value is -2.24. The first-order chi connectivity index (χ1) is 14.6. The number of hydrogen-bond donors (Lipinski definition) is 2. The second kappa shape index (κ2) is 9.92. The zero-order valence-corrected chi connectivity index (χ0v) is 20.7. The molecule has 0 spiro atoms. The van der Waals surface area contributed by atoms with Gasteiger partial charge in [-0.3, -0.25) is 0 Å². The Morgan fingerprint density at radius 3 is 2.74 bits per heavy atom. The maximum absolute atomic E-state index is 12.2. The summed E-state index contributed by atoms with van der Waals surface area (Å²) in [5, 5.41) is 15.6. The molecule has 0 saturated heterocycles. The minimum Gasteiger partial charge on any atom is -0.444 e. The second-order valence-electron chi connectivity index (χ2n) is 7.80. The molecule has 8 nitrogen and oxygen atoms in total. The number of thiophene rings is 2. The van der Waals surface area contributed by atoms with E-state index in [1.807, 2.05) is 45.2 Å². The number of alkyl carbamates (subject to hydrolysis) is 1. The molecular formula is C20H23BrN4O4S2. The third-order valence-corrected chi connectivity index (χ3v) is 7.10. The van der Waals surface area contributed by atoms with Gasteiger partial charge < -0.3 is 20.1 Å². The number of aromatic nitrogens is 2. The molecule has 0 radical (unpaired) electrons. The molecule has 11 heteroatoms. The minimum atomic E-state index is -0.562. The highest BCUT2D eigenvalue weighted by Gasteiger charge is 2.21. The second-order valence-corrected chi connectivity index (χ2v) is 10.7. The van der Waals surface area contributed by atoms with Crippen LogP contribution in [0.1, 0.15) is 37.4 Å². The normalized spacial score (nSPS) is 12.4. The molecule has 0 aromatic carbocycles. The Kier molecular flexibility index (Phi) is 7.50. The fourth-order valence-corrected chi connectivity index (χ4v) is 5.31. The third-order valence-electron chi connectivity index (χ3n) is 3.89. The van der Waals surface area contributed by atoms with Gasteiger partial charge in [0.1, 0.15) is 15.8 Å². The van der Waals surface area contributed by atoms with Crippen molar-refractivity contribution in [3.63, 3.8) is 0 Å². The molecule has 2 N–H and O–H groups in total. The van der Waals surface area contributed by atoms with E-state index in [4.69, 9.17) is 9.47 Å². The number of amides is 2. The van der Waals surface area contributed by atoms with Crippen molar-refractivity contribution in [2.24, 2.45) is 0 Å². The van der Waals surface area contributed by atoms with E-state index in [0.717, 1.165) is 14.2 Å². The number of fused-ring (bicyclic) bond motifs is 1. The van der Waals surface area contributed by atoms with Gasteiger partial charge in [0, 0.05) is 22.2 Å². The number of halogens is 1. The molecular weight excluding hydrogens is 504 g/mol. The standard InChI is InChI=1S/C20H23BrN4O4S2/c1-11(24-19(27)29-20(2,3)4)8-14-15(21)16-17(31-14)13(10-23-25-16)28-18(26)22-9-12-6-5-7-30-12/h5-7,10-11H,8-9H2,1-4H3,(H,22,26)(H,24,27)/t11-/m0/s1. The van der Waals surface area contributed by atoms with Gasteiger partial charge in [0.15, 0.2) is 5.75 Å². The van der Waals surface area contributed by atoms with E-state index in [9.17, 15) is 9.59 Å². The van der Waals surface area contributed by atoms with Gasteiger partial charge in [0.05, 0.1) is 17.2 Å². The topological polar surface area (TPSA) is 102 Å². The summed E-state index contributed by atoms with van der Waals surface area (Å²) in [6, 6.07) is 3.68. The van der Waals surface area contributed by atoms with Crippen molar-refractivity contribution in [2.45, 2.75) is 52.3 Å². The monoisotopic (exact) mass is 526 g/mol. The van der Waals surface area contributed by atoms with E-state index in [-0.39, 0.29) is 6.04 Å². The number of carbonyl (C=O) groups is 2. The van der Waals surface area contributed by atoms with Gasteiger partial charge in [-0.15, -0.1) is 27.8 Å². The van der Waals surface area contributed by atoms with Crippen molar-refractivity contribution >= 4 is 61.0 Å². The number of hydrogen-bond acceptors (Lipinski definition) is 8. The van der Waals surface area contributed by atoms with E-state index < -0.39 is 17.8 Å². The molecule has 3 aromatic rings. The largest absolute Gasteiger partial charge is 0.444 e. The zero-order valence-electron chi connectivity index (χ0n) is 17.5. The van der Waals surface area contributed by atoms with E-state index in [0.29, 0.717) is 28.9 Å². The van der Waals surface area contributed by atoms with Crippen LogP contribution >= 0.6 is 38.6 Å². The predicted octanol–water partition coefficient (Wildman–Crippen LogP) is 5.26. The summed E-state index contributed by atoms with van der Waals surface area (Å²) >= 11 is 6.55. The molecule has 0 bridgehead atoms. The fourth-order valence-electron chi connectivity index (χ4n) is 2.65. The molecule has 0 aliphatic heterocycles. The number of rotatable bonds is 6.